The Hall–Kier alpha value is -2.26. The average molecular weight is 336 g/mol. The highest BCUT2D eigenvalue weighted by Gasteiger charge is 2.19. The standard InChI is InChI=1S/C22H28N2O/c1-4-9-19-16-20(24-14-12-23(5-2)13-15-24)17-21(22(19)25-3)18-10-7-6-8-11-18/h4,6-11,16-17H,5,12-15H2,1-3H3. The second-order valence-corrected chi connectivity index (χ2v) is 6.40. The van der Waals surface area contributed by atoms with Crippen molar-refractivity contribution in [2.45, 2.75) is 13.8 Å². The third-order valence-corrected chi connectivity index (χ3v) is 4.92. The van der Waals surface area contributed by atoms with Crippen LogP contribution in [0.1, 0.15) is 19.4 Å². The first kappa shape index (κ1) is 17.6. The number of nitrogens with zero attached hydrogens (tertiary/aromatic N) is 2. The van der Waals surface area contributed by atoms with Crippen molar-refractivity contribution in [1.82, 2.24) is 4.90 Å². The van der Waals surface area contributed by atoms with Gasteiger partial charge < -0.3 is 14.5 Å². The van der Waals surface area contributed by atoms with Gasteiger partial charge in [0.15, 0.2) is 0 Å². The van der Waals surface area contributed by atoms with Crippen LogP contribution in [0.2, 0.25) is 0 Å². The van der Waals surface area contributed by atoms with Crippen LogP contribution in [0.25, 0.3) is 17.2 Å². The minimum atomic E-state index is 0.945. The normalized spacial score (nSPS) is 15.7. The van der Waals surface area contributed by atoms with Crippen molar-refractivity contribution in [2.75, 3.05) is 44.7 Å². The number of hydrogen-bond acceptors (Lipinski definition) is 3. The molecule has 1 heterocycles. The maximum absolute atomic E-state index is 5.78. The van der Waals surface area contributed by atoms with E-state index >= 15 is 0 Å². The Labute approximate surface area is 151 Å². The quantitative estimate of drug-likeness (QED) is 0.797. The summed E-state index contributed by atoms with van der Waals surface area (Å²) in [7, 11) is 1.76. The summed E-state index contributed by atoms with van der Waals surface area (Å²) in [4.78, 5) is 5.00. The number of benzene rings is 2. The number of ether oxygens (including phenoxy) is 1. The van der Waals surface area contributed by atoms with Crippen LogP contribution in [0.3, 0.4) is 0 Å². The number of piperazine rings is 1. The minimum Gasteiger partial charge on any atom is -0.495 e. The molecule has 0 unspecified atom stereocenters. The molecule has 2 aromatic rings. The predicted octanol–water partition coefficient (Wildman–Crippen LogP) is 4.54. The van der Waals surface area contributed by atoms with Crippen LogP contribution < -0.4 is 9.64 Å². The summed E-state index contributed by atoms with van der Waals surface area (Å²) in [6.45, 7) is 9.82. The SMILES string of the molecule is CC=Cc1cc(N2CCN(CC)CC2)cc(-c2ccccc2)c1OC. The molecule has 1 saturated heterocycles. The summed E-state index contributed by atoms with van der Waals surface area (Å²) in [5.74, 6) is 0.945. The molecule has 3 heteroatoms. The lowest BCUT2D eigenvalue weighted by atomic mass is 9.99. The number of hydrogen-bond donors (Lipinski definition) is 0. The summed E-state index contributed by atoms with van der Waals surface area (Å²) in [5.41, 5.74) is 4.77. The summed E-state index contributed by atoms with van der Waals surface area (Å²) in [5, 5.41) is 0. The van der Waals surface area contributed by atoms with Gasteiger partial charge in [0.1, 0.15) is 5.75 Å². The van der Waals surface area contributed by atoms with E-state index in [0.29, 0.717) is 0 Å². The molecular weight excluding hydrogens is 308 g/mol. The lowest BCUT2D eigenvalue weighted by molar-refractivity contribution is 0.271. The summed E-state index contributed by atoms with van der Waals surface area (Å²) in [6, 6.07) is 15.0. The van der Waals surface area contributed by atoms with E-state index in [1.807, 2.05) is 6.92 Å². The molecule has 3 nitrogen and oxygen atoms in total. The summed E-state index contributed by atoms with van der Waals surface area (Å²) in [6.07, 6.45) is 4.21. The molecule has 1 aliphatic heterocycles. The van der Waals surface area contributed by atoms with E-state index in [4.69, 9.17) is 4.74 Å². The Bertz CT molecular complexity index is 716. The molecule has 0 N–H and O–H groups in total. The Morgan fingerprint density at radius 2 is 1.76 bits per heavy atom. The Morgan fingerprint density at radius 3 is 2.36 bits per heavy atom. The Kier molecular flexibility index (Phi) is 5.77. The van der Waals surface area contributed by atoms with E-state index in [1.165, 1.54) is 11.3 Å². The van der Waals surface area contributed by atoms with E-state index in [-0.39, 0.29) is 0 Å². The van der Waals surface area contributed by atoms with E-state index in [1.54, 1.807) is 7.11 Å². The van der Waals surface area contributed by atoms with Gasteiger partial charge >= 0.3 is 0 Å². The van der Waals surface area contributed by atoms with Gasteiger partial charge in [0, 0.05) is 43.0 Å². The smallest absolute Gasteiger partial charge is 0.134 e. The molecule has 2 aromatic carbocycles. The number of anilines is 1. The highest BCUT2D eigenvalue weighted by atomic mass is 16.5. The second-order valence-electron chi connectivity index (χ2n) is 6.40. The first-order chi connectivity index (χ1) is 12.3. The van der Waals surface area contributed by atoms with Crippen molar-refractivity contribution in [1.29, 1.82) is 0 Å². The highest BCUT2D eigenvalue weighted by molar-refractivity contribution is 5.81. The highest BCUT2D eigenvalue weighted by Crippen LogP contribution is 2.38. The molecule has 0 atom stereocenters. The molecular formula is C22H28N2O. The molecule has 0 aromatic heterocycles. The largest absolute Gasteiger partial charge is 0.495 e. The first-order valence-electron chi connectivity index (χ1n) is 9.14. The molecule has 3 rings (SSSR count). The van der Waals surface area contributed by atoms with Crippen molar-refractivity contribution in [3.8, 4) is 16.9 Å². The fourth-order valence-electron chi connectivity index (χ4n) is 3.50. The van der Waals surface area contributed by atoms with Gasteiger partial charge in [0.05, 0.1) is 7.11 Å². The zero-order valence-electron chi connectivity index (χ0n) is 15.5. The van der Waals surface area contributed by atoms with Gasteiger partial charge in [-0.05, 0) is 31.2 Å². The third kappa shape index (κ3) is 3.88. The van der Waals surface area contributed by atoms with Crippen LogP contribution in [-0.4, -0.2) is 44.7 Å². The zero-order chi connectivity index (χ0) is 17.6. The minimum absolute atomic E-state index is 0.945. The molecule has 0 saturated carbocycles. The van der Waals surface area contributed by atoms with Crippen LogP contribution in [0.4, 0.5) is 5.69 Å². The number of methoxy groups -OCH3 is 1. The molecule has 0 radical (unpaired) electrons. The third-order valence-electron chi connectivity index (χ3n) is 4.92. The van der Waals surface area contributed by atoms with Crippen LogP contribution >= 0.6 is 0 Å². The number of likely N-dealkylation sites (N-methyl/N-ethyl adjacent to an activating group) is 1. The fourth-order valence-corrected chi connectivity index (χ4v) is 3.50. The van der Waals surface area contributed by atoms with Gasteiger partial charge in [0.2, 0.25) is 0 Å². The Balaban J connectivity index is 2.03. The van der Waals surface area contributed by atoms with Gasteiger partial charge in [-0.2, -0.15) is 0 Å². The van der Waals surface area contributed by atoms with Crippen molar-refractivity contribution in [2.24, 2.45) is 0 Å². The lowest BCUT2D eigenvalue weighted by Crippen LogP contribution is -2.46. The molecule has 25 heavy (non-hydrogen) atoms. The van der Waals surface area contributed by atoms with Crippen molar-refractivity contribution in [3.63, 3.8) is 0 Å². The monoisotopic (exact) mass is 336 g/mol. The number of allylic oxidation sites excluding steroid dienone is 1. The van der Waals surface area contributed by atoms with Crippen molar-refractivity contribution in [3.05, 3.63) is 54.1 Å². The van der Waals surface area contributed by atoms with Gasteiger partial charge in [-0.1, -0.05) is 49.4 Å². The molecule has 0 spiro atoms. The second kappa shape index (κ2) is 8.21. The van der Waals surface area contributed by atoms with E-state index in [9.17, 15) is 0 Å². The van der Waals surface area contributed by atoms with E-state index < -0.39 is 0 Å². The van der Waals surface area contributed by atoms with Gasteiger partial charge in [-0.25, -0.2) is 0 Å². The molecule has 132 valence electrons. The fraction of sp³-hybridized carbons (Fsp3) is 0.364. The molecule has 0 amide bonds. The lowest BCUT2D eigenvalue weighted by Gasteiger charge is -2.36. The van der Waals surface area contributed by atoms with Gasteiger partial charge in [-0.15, -0.1) is 0 Å². The maximum atomic E-state index is 5.78. The first-order valence-corrected chi connectivity index (χ1v) is 9.14. The summed E-state index contributed by atoms with van der Waals surface area (Å²) < 4.78 is 5.78. The van der Waals surface area contributed by atoms with Crippen molar-refractivity contribution < 1.29 is 4.74 Å². The molecule has 1 fully saturated rings. The Morgan fingerprint density at radius 1 is 1.04 bits per heavy atom. The zero-order valence-corrected chi connectivity index (χ0v) is 15.5. The van der Waals surface area contributed by atoms with E-state index in [2.05, 4.69) is 71.3 Å². The summed E-state index contributed by atoms with van der Waals surface area (Å²) >= 11 is 0. The van der Waals surface area contributed by atoms with Crippen LogP contribution in [0, 0.1) is 0 Å². The van der Waals surface area contributed by atoms with Crippen LogP contribution in [0.5, 0.6) is 5.75 Å². The average Bonchev–Trinajstić information content (AvgIpc) is 2.68. The number of rotatable bonds is 5. The molecule has 0 bridgehead atoms. The molecule has 0 aliphatic carbocycles. The van der Waals surface area contributed by atoms with Gasteiger partial charge in [0.25, 0.3) is 0 Å². The van der Waals surface area contributed by atoms with E-state index in [0.717, 1.165) is 49.6 Å². The molecule has 1 aliphatic rings. The van der Waals surface area contributed by atoms with Crippen molar-refractivity contribution >= 4 is 11.8 Å². The maximum Gasteiger partial charge on any atom is 0.134 e. The topological polar surface area (TPSA) is 15.7 Å². The van der Waals surface area contributed by atoms with Gasteiger partial charge in [-0.3, -0.25) is 0 Å². The van der Waals surface area contributed by atoms with Crippen LogP contribution in [-0.2, 0) is 0 Å². The predicted molar refractivity (Wildman–Crippen MR) is 107 cm³/mol. The van der Waals surface area contributed by atoms with Crippen LogP contribution in [0.15, 0.2) is 48.5 Å².